The van der Waals surface area contributed by atoms with Gasteiger partial charge >= 0.3 is 0 Å². The number of rotatable bonds is 0. The van der Waals surface area contributed by atoms with Crippen LogP contribution in [0.15, 0.2) is 0 Å². The van der Waals surface area contributed by atoms with Gasteiger partial charge < -0.3 is 5.73 Å². The second-order valence-corrected chi connectivity index (χ2v) is 2.91. The molecule has 0 aromatic heterocycles. The summed E-state index contributed by atoms with van der Waals surface area (Å²) in [5.41, 5.74) is 5.80. The van der Waals surface area contributed by atoms with Gasteiger partial charge in [0.1, 0.15) is 0 Å². The average molecular weight is 142 g/mol. The van der Waals surface area contributed by atoms with Gasteiger partial charge in [-0.1, -0.05) is 0 Å². The fourth-order valence-electron chi connectivity index (χ4n) is 1.72. The van der Waals surface area contributed by atoms with E-state index in [0.717, 1.165) is 26.2 Å². The predicted octanol–water partition coefficient (Wildman–Crippen LogP) is -1.89. The number of nitrogens with one attached hydrogen (secondary N) is 2. The Morgan fingerprint density at radius 2 is 1.90 bits per heavy atom. The fourth-order valence-corrected chi connectivity index (χ4v) is 1.72. The molecule has 58 valence electrons. The fraction of sp³-hybridized carbons (Fsp3) is 1.00. The van der Waals surface area contributed by atoms with E-state index in [0.29, 0.717) is 6.17 Å². The molecule has 4 N–H and O–H groups in total. The number of hydrogen-bond acceptors (Lipinski definition) is 4. The van der Waals surface area contributed by atoms with Crippen molar-refractivity contribution in [3.8, 4) is 0 Å². The van der Waals surface area contributed by atoms with Crippen LogP contribution in [0.4, 0.5) is 0 Å². The first-order valence-corrected chi connectivity index (χ1v) is 3.84. The van der Waals surface area contributed by atoms with Crippen LogP contribution < -0.4 is 16.4 Å². The minimum absolute atomic E-state index is 0.122. The van der Waals surface area contributed by atoms with Crippen LogP contribution in [0.25, 0.3) is 0 Å². The molecule has 2 atom stereocenters. The van der Waals surface area contributed by atoms with Crippen molar-refractivity contribution >= 4 is 0 Å². The summed E-state index contributed by atoms with van der Waals surface area (Å²) < 4.78 is 0. The van der Waals surface area contributed by atoms with Gasteiger partial charge in [-0.15, -0.1) is 0 Å². The van der Waals surface area contributed by atoms with Gasteiger partial charge in [0.05, 0.1) is 12.3 Å². The molecule has 0 spiro atoms. The topological polar surface area (TPSA) is 53.3 Å². The highest BCUT2D eigenvalue weighted by Gasteiger charge is 2.31. The van der Waals surface area contributed by atoms with Gasteiger partial charge in [-0.05, 0) is 0 Å². The Hall–Kier alpha value is -0.160. The summed E-state index contributed by atoms with van der Waals surface area (Å²) in [7, 11) is 0. The summed E-state index contributed by atoms with van der Waals surface area (Å²) in [5.74, 6) is 0. The van der Waals surface area contributed by atoms with Crippen LogP contribution in [0.3, 0.4) is 0 Å². The summed E-state index contributed by atoms with van der Waals surface area (Å²) in [4.78, 5) is 2.39. The summed E-state index contributed by atoms with van der Waals surface area (Å²) >= 11 is 0. The van der Waals surface area contributed by atoms with E-state index in [2.05, 4.69) is 15.5 Å². The molecule has 0 bridgehead atoms. The molecule has 10 heavy (non-hydrogen) atoms. The van der Waals surface area contributed by atoms with E-state index in [1.54, 1.807) is 0 Å². The quantitative estimate of drug-likeness (QED) is 0.370. The maximum atomic E-state index is 5.80. The van der Waals surface area contributed by atoms with Crippen molar-refractivity contribution in [2.45, 2.75) is 12.3 Å². The average Bonchev–Trinajstić information content (AvgIpc) is 2.36. The molecule has 0 aromatic carbocycles. The van der Waals surface area contributed by atoms with Crippen LogP contribution in [0.5, 0.6) is 0 Å². The molecular weight excluding hydrogens is 128 g/mol. The zero-order valence-corrected chi connectivity index (χ0v) is 6.01. The number of nitrogens with zero attached hydrogens (tertiary/aromatic N) is 1. The molecule has 2 fully saturated rings. The van der Waals surface area contributed by atoms with Crippen LogP contribution in [-0.4, -0.2) is 43.4 Å². The molecule has 4 heteroatoms. The Morgan fingerprint density at radius 1 is 1.20 bits per heavy atom. The van der Waals surface area contributed by atoms with Crippen molar-refractivity contribution in [3.63, 3.8) is 0 Å². The van der Waals surface area contributed by atoms with Crippen molar-refractivity contribution in [1.29, 1.82) is 0 Å². The molecule has 2 aliphatic heterocycles. The van der Waals surface area contributed by atoms with E-state index >= 15 is 0 Å². The van der Waals surface area contributed by atoms with Gasteiger partial charge in [-0.3, -0.25) is 15.5 Å². The van der Waals surface area contributed by atoms with Crippen molar-refractivity contribution in [2.24, 2.45) is 5.73 Å². The molecule has 0 amide bonds. The Labute approximate surface area is 60.8 Å². The van der Waals surface area contributed by atoms with Crippen LogP contribution in [0.2, 0.25) is 0 Å². The van der Waals surface area contributed by atoms with E-state index in [1.807, 2.05) is 0 Å². The van der Waals surface area contributed by atoms with Gasteiger partial charge in [0, 0.05) is 26.2 Å². The summed E-state index contributed by atoms with van der Waals surface area (Å²) in [6, 6.07) is 0. The first kappa shape index (κ1) is 6.54. The van der Waals surface area contributed by atoms with E-state index in [4.69, 9.17) is 5.73 Å². The third kappa shape index (κ3) is 0.932. The molecule has 0 radical (unpaired) electrons. The maximum Gasteiger partial charge on any atom is 0.0890 e. The summed E-state index contributed by atoms with van der Waals surface area (Å²) in [6.45, 7) is 4.39. The lowest BCUT2D eigenvalue weighted by Gasteiger charge is -2.34. The highest BCUT2D eigenvalue weighted by Crippen LogP contribution is 2.07. The van der Waals surface area contributed by atoms with Gasteiger partial charge in [0.25, 0.3) is 0 Å². The molecule has 0 aliphatic carbocycles. The Morgan fingerprint density at radius 3 is 2.60 bits per heavy atom. The van der Waals surface area contributed by atoms with Gasteiger partial charge in [-0.2, -0.15) is 0 Å². The number of hydrogen-bond donors (Lipinski definition) is 3. The molecule has 2 heterocycles. The number of piperazine rings is 1. The molecule has 2 saturated heterocycles. The third-order valence-corrected chi connectivity index (χ3v) is 2.27. The van der Waals surface area contributed by atoms with Crippen molar-refractivity contribution < 1.29 is 0 Å². The second-order valence-electron chi connectivity index (χ2n) is 2.91. The van der Waals surface area contributed by atoms with Crippen LogP contribution in [-0.2, 0) is 0 Å². The van der Waals surface area contributed by atoms with E-state index < -0.39 is 0 Å². The first-order chi connectivity index (χ1) is 4.88. The summed E-state index contributed by atoms with van der Waals surface area (Å²) in [5, 5.41) is 6.57. The van der Waals surface area contributed by atoms with Crippen LogP contribution >= 0.6 is 0 Å². The van der Waals surface area contributed by atoms with Gasteiger partial charge in [0.15, 0.2) is 0 Å². The minimum atomic E-state index is 0.122. The largest absolute Gasteiger partial charge is 0.313 e. The van der Waals surface area contributed by atoms with Crippen molar-refractivity contribution in [1.82, 2.24) is 15.5 Å². The zero-order chi connectivity index (χ0) is 6.97. The molecule has 2 unspecified atom stereocenters. The zero-order valence-electron chi connectivity index (χ0n) is 6.01. The standard InChI is InChI=1S/C6H14N4/c7-5-6-9-2-4-10(6)3-1-8-5/h5-6,8-9H,1-4,7H2. The van der Waals surface area contributed by atoms with E-state index in [1.165, 1.54) is 0 Å². The maximum absolute atomic E-state index is 5.80. The highest BCUT2D eigenvalue weighted by molar-refractivity contribution is 4.88. The number of nitrogens with two attached hydrogens (primary N) is 1. The van der Waals surface area contributed by atoms with Crippen LogP contribution in [0, 0.1) is 0 Å². The SMILES string of the molecule is NC1NCCN2CCNC12. The van der Waals surface area contributed by atoms with Gasteiger partial charge in [-0.25, -0.2) is 0 Å². The Bertz CT molecular complexity index is 127. The second kappa shape index (κ2) is 2.47. The molecule has 2 aliphatic rings. The minimum Gasteiger partial charge on any atom is -0.313 e. The Balaban J connectivity index is 2.03. The highest BCUT2D eigenvalue weighted by atomic mass is 15.4. The predicted molar refractivity (Wildman–Crippen MR) is 39.3 cm³/mol. The normalized spacial score (nSPS) is 41.7. The molecule has 0 aromatic rings. The molecule has 4 nitrogen and oxygen atoms in total. The monoisotopic (exact) mass is 142 g/mol. The van der Waals surface area contributed by atoms with Crippen LogP contribution in [0.1, 0.15) is 0 Å². The third-order valence-electron chi connectivity index (χ3n) is 2.27. The smallest absolute Gasteiger partial charge is 0.0890 e. The van der Waals surface area contributed by atoms with Crippen molar-refractivity contribution in [3.05, 3.63) is 0 Å². The number of fused-ring (bicyclic) bond motifs is 1. The van der Waals surface area contributed by atoms with Gasteiger partial charge in [0.2, 0.25) is 0 Å². The lowest BCUT2D eigenvalue weighted by atomic mass is 10.3. The Kier molecular flexibility index (Phi) is 1.61. The molecular formula is C6H14N4. The van der Waals surface area contributed by atoms with E-state index in [-0.39, 0.29) is 6.17 Å². The first-order valence-electron chi connectivity index (χ1n) is 3.84. The van der Waals surface area contributed by atoms with Crippen molar-refractivity contribution in [2.75, 3.05) is 26.2 Å². The summed E-state index contributed by atoms with van der Waals surface area (Å²) in [6.07, 6.45) is 0.505. The molecule has 2 rings (SSSR count). The lowest BCUT2D eigenvalue weighted by Crippen LogP contribution is -2.62. The van der Waals surface area contributed by atoms with E-state index in [9.17, 15) is 0 Å². The lowest BCUT2D eigenvalue weighted by molar-refractivity contribution is 0.153. The molecule has 0 saturated carbocycles.